The Hall–Kier alpha value is -0.560. The second kappa shape index (κ2) is 10.2. The van der Waals surface area contributed by atoms with Gasteiger partial charge in [0.1, 0.15) is 0 Å². The molecule has 0 bridgehead atoms. The van der Waals surface area contributed by atoms with E-state index in [1.807, 2.05) is 0 Å². The van der Waals surface area contributed by atoms with E-state index in [2.05, 4.69) is 66.7 Å². The zero-order chi connectivity index (χ0) is 23.8. The van der Waals surface area contributed by atoms with Gasteiger partial charge in [-0.1, -0.05) is 72.3 Å². The quantitative estimate of drug-likeness (QED) is 0.332. The van der Waals surface area contributed by atoms with Crippen molar-refractivity contribution < 1.29 is 4.74 Å². The Bertz CT molecular complexity index is 718. The molecule has 33 heavy (non-hydrogen) atoms. The monoisotopic (exact) mass is 454 g/mol. The van der Waals surface area contributed by atoms with Gasteiger partial charge in [0.25, 0.3) is 0 Å². The summed E-state index contributed by atoms with van der Waals surface area (Å²) in [6, 6.07) is 0. The summed E-state index contributed by atoms with van der Waals surface area (Å²) in [6.45, 7) is 18.2. The second-order valence-electron chi connectivity index (χ2n) is 13.3. The van der Waals surface area contributed by atoms with Crippen LogP contribution in [0, 0.1) is 52.3 Å². The highest BCUT2D eigenvalue weighted by Gasteiger charge is 2.59. The predicted octanol–water partition coefficient (Wildman–Crippen LogP) is 9.24. The summed E-state index contributed by atoms with van der Waals surface area (Å²) in [6.07, 6.45) is 21.8. The van der Waals surface area contributed by atoms with Gasteiger partial charge in [0.15, 0.2) is 0 Å². The third-order valence-corrected chi connectivity index (χ3v) is 11.3. The lowest BCUT2D eigenvalue weighted by molar-refractivity contribution is -0.0612. The summed E-state index contributed by atoms with van der Waals surface area (Å²) in [7, 11) is 0. The van der Waals surface area contributed by atoms with Gasteiger partial charge in [-0.3, -0.25) is 0 Å². The first-order valence-corrected chi connectivity index (χ1v) is 14.7. The van der Waals surface area contributed by atoms with Crippen LogP contribution in [-0.4, -0.2) is 12.7 Å². The van der Waals surface area contributed by atoms with E-state index in [4.69, 9.17) is 4.74 Å². The second-order valence-corrected chi connectivity index (χ2v) is 13.3. The number of rotatable bonds is 8. The highest BCUT2D eigenvalue weighted by molar-refractivity contribution is 5.25. The molecule has 9 atom stereocenters. The highest BCUT2D eigenvalue weighted by Crippen LogP contribution is 2.67. The van der Waals surface area contributed by atoms with Crippen molar-refractivity contribution in [1.82, 2.24) is 0 Å². The fourth-order valence-electron chi connectivity index (χ4n) is 9.24. The van der Waals surface area contributed by atoms with Crippen molar-refractivity contribution in [2.45, 2.75) is 119 Å². The molecule has 0 amide bonds. The van der Waals surface area contributed by atoms with E-state index in [0.29, 0.717) is 16.9 Å². The summed E-state index contributed by atoms with van der Waals surface area (Å²) in [4.78, 5) is 0. The van der Waals surface area contributed by atoms with Crippen LogP contribution in [0.15, 0.2) is 23.8 Å². The van der Waals surface area contributed by atoms with Crippen molar-refractivity contribution >= 4 is 0 Å². The van der Waals surface area contributed by atoms with Crippen LogP contribution in [0.3, 0.4) is 0 Å². The first kappa shape index (κ1) is 25.5. The van der Waals surface area contributed by atoms with Crippen molar-refractivity contribution in [3.8, 4) is 0 Å². The van der Waals surface area contributed by atoms with Crippen LogP contribution in [-0.2, 0) is 4.74 Å². The molecule has 0 aromatic heterocycles. The first-order valence-electron chi connectivity index (χ1n) is 14.7. The van der Waals surface area contributed by atoms with Crippen LogP contribution in [0.4, 0.5) is 0 Å². The number of hydrogen-bond donors (Lipinski definition) is 0. The van der Waals surface area contributed by atoms with Crippen LogP contribution >= 0.6 is 0 Å². The Kier molecular flexibility index (Phi) is 7.89. The average molecular weight is 455 g/mol. The molecule has 0 unspecified atom stereocenters. The fourth-order valence-corrected chi connectivity index (χ4v) is 9.24. The zero-order valence-electron chi connectivity index (χ0n) is 23.0. The Morgan fingerprint density at radius 3 is 2.48 bits per heavy atom. The highest BCUT2D eigenvalue weighted by atomic mass is 16.5. The van der Waals surface area contributed by atoms with E-state index in [-0.39, 0.29) is 0 Å². The number of hydrogen-bond acceptors (Lipinski definition) is 1. The maximum Gasteiger partial charge on any atom is 0.0612 e. The van der Waals surface area contributed by atoms with E-state index in [9.17, 15) is 0 Å². The summed E-state index contributed by atoms with van der Waals surface area (Å²) in [5.41, 5.74) is 2.77. The van der Waals surface area contributed by atoms with Crippen LogP contribution < -0.4 is 0 Å². The van der Waals surface area contributed by atoms with Crippen LogP contribution in [0.25, 0.3) is 0 Å². The normalized spacial score (nSPS) is 42.5. The molecule has 0 aromatic rings. The van der Waals surface area contributed by atoms with Crippen molar-refractivity contribution in [1.29, 1.82) is 0 Å². The lowest BCUT2D eigenvalue weighted by Gasteiger charge is -2.58. The summed E-state index contributed by atoms with van der Waals surface area (Å²) in [5.74, 6) is 5.87. The molecular formula is C32H54O. The summed E-state index contributed by atoms with van der Waals surface area (Å²) >= 11 is 0. The molecule has 3 saturated carbocycles. The number of fused-ring (bicyclic) bond motifs is 5. The Labute approximate surface area is 206 Å². The first-order chi connectivity index (χ1) is 15.7. The molecule has 4 rings (SSSR count). The minimum atomic E-state index is 0.450. The maximum atomic E-state index is 6.20. The molecule has 0 aliphatic heterocycles. The number of allylic oxidation sites excluding steroid dienone is 3. The Morgan fingerprint density at radius 1 is 1.00 bits per heavy atom. The van der Waals surface area contributed by atoms with Crippen LogP contribution in [0.5, 0.6) is 0 Å². The maximum absolute atomic E-state index is 6.20. The molecule has 1 heteroatoms. The van der Waals surface area contributed by atoms with Gasteiger partial charge in [0, 0.05) is 6.61 Å². The predicted molar refractivity (Wildman–Crippen MR) is 142 cm³/mol. The van der Waals surface area contributed by atoms with E-state index in [1.54, 1.807) is 5.57 Å². The molecule has 0 radical (unpaired) electrons. The molecule has 0 spiro atoms. The molecular weight excluding hydrogens is 400 g/mol. The molecule has 3 fully saturated rings. The topological polar surface area (TPSA) is 9.23 Å². The molecule has 4 aliphatic rings. The van der Waals surface area contributed by atoms with Gasteiger partial charge >= 0.3 is 0 Å². The van der Waals surface area contributed by atoms with E-state index in [0.717, 1.165) is 54.5 Å². The largest absolute Gasteiger partial charge is 0.378 e. The van der Waals surface area contributed by atoms with Gasteiger partial charge in [-0.05, 0) is 116 Å². The van der Waals surface area contributed by atoms with E-state index >= 15 is 0 Å². The summed E-state index contributed by atoms with van der Waals surface area (Å²) < 4.78 is 6.20. The van der Waals surface area contributed by atoms with Crippen molar-refractivity contribution in [3.05, 3.63) is 23.8 Å². The van der Waals surface area contributed by atoms with Gasteiger partial charge in [0.2, 0.25) is 0 Å². The fraction of sp³-hybridized carbons (Fsp3) is 0.875. The molecule has 0 heterocycles. The average Bonchev–Trinajstić information content (AvgIpc) is 3.15. The molecule has 0 N–H and O–H groups in total. The van der Waals surface area contributed by atoms with Crippen molar-refractivity contribution in [2.24, 2.45) is 52.3 Å². The molecule has 188 valence electrons. The SMILES string of the molecule is CCCO[C@@H]1CC[C@@]2(C)C(=CC[C@H]3[C@@H]4CC[C@H]([C@H](C)/C=C/[C@@H](CC)C(C)C)[C@@]4(C)CC[C@@H]32)C1. The van der Waals surface area contributed by atoms with Crippen molar-refractivity contribution in [2.75, 3.05) is 6.61 Å². The third kappa shape index (κ3) is 4.66. The van der Waals surface area contributed by atoms with Crippen molar-refractivity contribution in [3.63, 3.8) is 0 Å². The molecule has 0 saturated heterocycles. The number of ether oxygens (including phenoxy) is 1. The summed E-state index contributed by atoms with van der Waals surface area (Å²) in [5, 5.41) is 0. The van der Waals surface area contributed by atoms with Gasteiger partial charge in [-0.2, -0.15) is 0 Å². The lowest BCUT2D eigenvalue weighted by Crippen LogP contribution is -2.50. The zero-order valence-corrected chi connectivity index (χ0v) is 23.0. The smallest absolute Gasteiger partial charge is 0.0612 e. The Morgan fingerprint density at radius 2 is 1.79 bits per heavy atom. The molecule has 0 aromatic carbocycles. The molecule has 1 nitrogen and oxygen atoms in total. The lowest BCUT2D eigenvalue weighted by atomic mass is 9.47. The van der Waals surface area contributed by atoms with Gasteiger partial charge in [-0.15, -0.1) is 0 Å². The van der Waals surface area contributed by atoms with Crippen LogP contribution in [0.2, 0.25) is 0 Å². The molecule has 4 aliphatic carbocycles. The van der Waals surface area contributed by atoms with Gasteiger partial charge < -0.3 is 4.74 Å². The van der Waals surface area contributed by atoms with Gasteiger partial charge in [-0.25, -0.2) is 0 Å². The standard InChI is InChI=1S/C32H54O/c1-8-20-33-26-16-18-31(6)25(21-26)12-13-27-29-15-14-28(32(29,7)19-17-30(27)31)23(5)10-11-24(9-2)22(3)4/h10-12,22-24,26-30H,8-9,13-21H2,1-7H3/b11-10+/t23-,24-,26-,27+,28-,29+,30+,31+,32-/m1/s1. The third-order valence-electron chi connectivity index (χ3n) is 11.3. The Balaban J connectivity index is 1.48. The van der Waals surface area contributed by atoms with E-state index in [1.165, 1.54) is 57.8 Å². The van der Waals surface area contributed by atoms with Crippen LogP contribution in [0.1, 0.15) is 113 Å². The minimum Gasteiger partial charge on any atom is -0.378 e. The van der Waals surface area contributed by atoms with E-state index < -0.39 is 0 Å². The van der Waals surface area contributed by atoms with Gasteiger partial charge in [0.05, 0.1) is 6.10 Å². The minimum absolute atomic E-state index is 0.450.